The molecule has 1 unspecified atom stereocenters. The summed E-state index contributed by atoms with van der Waals surface area (Å²) in [6.07, 6.45) is 0.658. The first-order valence-corrected chi connectivity index (χ1v) is 5.91. The Kier molecular flexibility index (Phi) is 5.39. The van der Waals surface area contributed by atoms with Gasteiger partial charge in [0.05, 0.1) is 12.6 Å². The summed E-state index contributed by atoms with van der Waals surface area (Å²) in [5.41, 5.74) is 0. The lowest BCUT2D eigenvalue weighted by atomic mass is 10.2. The van der Waals surface area contributed by atoms with E-state index in [9.17, 15) is 0 Å². The first kappa shape index (κ1) is 11.9. The number of hydrogen-bond acceptors (Lipinski definition) is 5. The summed E-state index contributed by atoms with van der Waals surface area (Å²) in [4.78, 5) is 4.20. The van der Waals surface area contributed by atoms with E-state index < -0.39 is 0 Å². The number of aromatic nitrogens is 1. The van der Waals surface area contributed by atoms with Crippen molar-refractivity contribution in [1.82, 2.24) is 4.98 Å². The van der Waals surface area contributed by atoms with Crippen molar-refractivity contribution in [3.05, 3.63) is 9.98 Å². The topological polar surface area (TPSA) is 54.4 Å². The minimum atomic E-state index is 0.114. The standard InChI is InChI=1S/C8H13BrN2O2S/c1-13-4-6(2-3-12)10-8-11-7(9)5-14-8/h5-6,12H,2-4H2,1H3,(H,10,11). The second-order valence-electron chi connectivity index (χ2n) is 2.78. The van der Waals surface area contributed by atoms with E-state index in [1.54, 1.807) is 7.11 Å². The van der Waals surface area contributed by atoms with Crippen LogP contribution in [0.5, 0.6) is 0 Å². The average Bonchev–Trinajstić information content (AvgIpc) is 2.52. The lowest BCUT2D eigenvalue weighted by molar-refractivity contribution is 0.170. The summed E-state index contributed by atoms with van der Waals surface area (Å²) >= 11 is 4.80. The van der Waals surface area contributed by atoms with Gasteiger partial charge in [0.2, 0.25) is 0 Å². The van der Waals surface area contributed by atoms with Crippen LogP contribution in [0.1, 0.15) is 6.42 Å². The highest BCUT2D eigenvalue weighted by Gasteiger charge is 2.09. The summed E-state index contributed by atoms with van der Waals surface area (Å²) in [6.45, 7) is 0.714. The van der Waals surface area contributed by atoms with E-state index in [4.69, 9.17) is 9.84 Å². The molecule has 1 aromatic rings. The fourth-order valence-electron chi connectivity index (χ4n) is 1.05. The molecule has 6 heteroatoms. The third kappa shape index (κ3) is 3.91. The number of thiazole rings is 1. The molecule has 0 fully saturated rings. The van der Waals surface area contributed by atoms with E-state index >= 15 is 0 Å². The number of aliphatic hydroxyl groups excluding tert-OH is 1. The van der Waals surface area contributed by atoms with Gasteiger partial charge in [0.25, 0.3) is 0 Å². The van der Waals surface area contributed by atoms with Crippen molar-refractivity contribution in [2.75, 3.05) is 25.6 Å². The predicted molar refractivity (Wildman–Crippen MR) is 60.8 cm³/mol. The fraction of sp³-hybridized carbons (Fsp3) is 0.625. The number of aliphatic hydroxyl groups is 1. The lowest BCUT2D eigenvalue weighted by Gasteiger charge is -2.15. The Labute approximate surface area is 95.4 Å². The number of ether oxygens (including phenoxy) is 1. The summed E-state index contributed by atoms with van der Waals surface area (Å²) in [5, 5.41) is 14.8. The monoisotopic (exact) mass is 280 g/mol. The number of halogens is 1. The van der Waals surface area contributed by atoms with Gasteiger partial charge in [0.15, 0.2) is 5.13 Å². The highest BCUT2D eigenvalue weighted by atomic mass is 79.9. The molecule has 1 aromatic heterocycles. The molecule has 0 aliphatic carbocycles. The quantitative estimate of drug-likeness (QED) is 0.833. The molecule has 0 saturated carbocycles. The first-order valence-electron chi connectivity index (χ1n) is 4.23. The predicted octanol–water partition coefficient (Wildman–Crippen LogP) is 1.71. The lowest BCUT2D eigenvalue weighted by Crippen LogP contribution is -2.25. The molecule has 1 atom stereocenters. The molecule has 2 N–H and O–H groups in total. The Bertz CT molecular complexity index is 264. The number of nitrogens with zero attached hydrogens (tertiary/aromatic N) is 1. The third-order valence-electron chi connectivity index (χ3n) is 1.65. The number of hydrogen-bond donors (Lipinski definition) is 2. The maximum Gasteiger partial charge on any atom is 0.184 e. The summed E-state index contributed by atoms with van der Waals surface area (Å²) in [7, 11) is 1.64. The molecule has 0 aliphatic rings. The molecule has 0 bridgehead atoms. The van der Waals surface area contributed by atoms with E-state index in [-0.39, 0.29) is 12.6 Å². The maximum atomic E-state index is 8.82. The van der Waals surface area contributed by atoms with Crippen LogP contribution in [0, 0.1) is 0 Å². The summed E-state index contributed by atoms with van der Waals surface area (Å²) in [5.74, 6) is 0. The Balaban J connectivity index is 2.46. The molecule has 80 valence electrons. The SMILES string of the molecule is COCC(CCO)Nc1nc(Br)cs1. The van der Waals surface area contributed by atoms with E-state index in [0.717, 1.165) is 9.73 Å². The zero-order chi connectivity index (χ0) is 10.4. The number of nitrogens with one attached hydrogen (secondary N) is 1. The molecule has 4 nitrogen and oxygen atoms in total. The van der Waals surface area contributed by atoms with Crippen molar-refractivity contribution >= 4 is 32.4 Å². The molecule has 0 saturated heterocycles. The van der Waals surface area contributed by atoms with Gasteiger partial charge in [-0.2, -0.15) is 0 Å². The van der Waals surface area contributed by atoms with Crippen LogP contribution in [0.3, 0.4) is 0 Å². The van der Waals surface area contributed by atoms with Gasteiger partial charge in [0.1, 0.15) is 4.60 Å². The van der Waals surface area contributed by atoms with Crippen LogP contribution in [0.15, 0.2) is 9.98 Å². The molecule has 0 radical (unpaired) electrons. The molecule has 0 aromatic carbocycles. The zero-order valence-electron chi connectivity index (χ0n) is 7.86. The minimum Gasteiger partial charge on any atom is -0.396 e. The van der Waals surface area contributed by atoms with Gasteiger partial charge in [-0.05, 0) is 22.4 Å². The van der Waals surface area contributed by atoms with Gasteiger partial charge in [-0.25, -0.2) is 4.98 Å². The molecule has 0 spiro atoms. The Morgan fingerprint density at radius 2 is 2.57 bits per heavy atom. The maximum absolute atomic E-state index is 8.82. The highest BCUT2D eigenvalue weighted by molar-refractivity contribution is 9.10. The molecule has 14 heavy (non-hydrogen) atoms. The van der Waals surface area contributed by atoms with Crippen LogP contribution >= 0.6 is 27.3 Å². The molecular formula is C8H13BrN2O2S. The van der Waals surface area contributed by atoms with Crippen LogP contribution in [0.4, 0.5) is 5.13 Å². The summed E-state index contributed by atoms with van der Waals surface area (Å²) in [6, 6.07) is 0.114. The van der Waals surface area contributed by atoms with E-state index in [2.05, 4.69) is 26.2 Å². The average molecular weight is 281 g/mol. The van der Waals surface area contributed by atoms with Crippen LogP contribution in [-0.2, 0) is 4.74 Å². The van der Waals surface area contributed by atoms with Crippen molar-refractivity contribution in [3.8, 4) is 0 Å². The largest absolute Gasteiger partial charge is 0.396 e. The molecule has 0 amide bonds. The number of rotatable bonds is 6. The second-order valence-corrected chi connectivity index (χ2v) is 4.45. The van der Waals surface area contributed by atoms with Crippen LogP contribution < -0.4 is 5.32 Å². The highest BCUT2D eigenvalue weighted by Crippen LogP contribution is 2.20. The van der Waals surface area contributed by atoms with Gasteiger partial charge in [-0.15, -0.1) is 11.3 Å². The third-order valence-corrected chi connectivity index (χ3v) is 3.13. The number of methoxy groups -OCH3 is 1. The number of anilines is 1. The van der Waals surface area contributed by atoms with Crippen molar-refractivity contribution in [1.29, 1.82) is 0 Å². The van der Waals surface area contributed by atoms with Gasteiger partial charge < -0.3 is 15.2 Å². The zero-order valence-corrected chi connectivity index (χ0v) is 10.3. The molecule has 1 heterocycles. The van der Waals surface area contributed by atoms with Crippen LogP contribution in [0.25, 0.3) is 0 Å². The smallest absolute Gasteiger partial charge is 0.184 e. The van der Waals surface area contributed by atoms with E-state index in [1.807, 2.05) is 5.38 Å². The second kappa shape index (κ2) is 6.34. The van der Waals surface area contributed by atoms with Crippen LogP contribution in [-0.4, -0.2) is 36.5 Å². The van der Waals surface area contributed by atoms with Crippen molar-refractivity contribution < 1.29 is 9.84 Å². The molecular weight excluding hydrogens is 268 g/mol. The van der Waals surface area contributed by atoms with Crippen molar-refractivity contribution in [2.24, 2.45) is 0 Å². The van der Waals surface area contributed by atoms with E-state index in [0.29, 0.717) is 13.0 Å². The Morgan fingerprint density at radius 3 is 3.07 bits per heavy atom. The normalized spacial score (nSPS) is 12.8. The van der Waals surface area contributed by atoms with Crippen molar-refractivity contribution in [3.63, 3.8) is 0 Å². The van der Waals surface area contributed by atoms with Gasteiger partial charge in [-0.3, -0.25) is 0 Å². The fourth-order valence-corrected chi connectivity index (χ4v) is 2.27. The van der Waals surface area contributed by atoms with E-state index in [1.165, 1.54) is 11.3 Å². The van der Waals surface area contributed by atoms with Gasteiger partial charge in [0, 0.05) is 19.1 Å². The molecule has 1 rings (SSSR count). The first-order chi connectivity index (χ1) is 6.76. The van der Waals surface area contributed by atoms with Crippen molar-refractivity contribution in [2.45, 2.75) is 12.5 Å². The van der Waals surface area contributed by atoms with Crippen LogP contribution in [0.2, 0.25) is 0 Å². The van der Waals surface area contributed by atoms with Gasteiger partial charge in [-0.1, -0.05) is 0 Å². The summed E-state index contributed by atoms with van der Waals surface area (Å²) < 4.78 is 5.85. The Hall–Kier alpha value is -0.170. The van der Waals surface area contributed by atoms with Gasteiger partial charge >= 0.3 is 0 Å². The Morgan fingerprint density at radius 1 is 1.79 bits per heavy atom. The molecule has 0 aliphatic heterocycles. The minimum absolute atomic E-state index is 0.114.